The third-order valence-electron chi connectivity index (χ3n) is 0.984. The molecule has 1 rings (SSSR count). The molecule has 1 aromatic rings. The second-order valence-electron chi connectivity index (χ2n) is 1.75. The van der Waals surface area contributed by atoms with Crippen LogP contribution >= 0.6 is 17.0 Å². The second kappa shape index (κ2) is 5.67. The molecule has 4 heteroatoms. The van der Waals surface area contributed by atoms with Crippen LogP contribution in [0.25, 0.3) is 0 Å². The van der Waals surface area contributed by atoms with Crippen molar-refractivity contribution in [2.24, 2.45) is 0 Å². The van der Waals surface area contributed by atoms with Gasteiger partial charge in [-0.3, -0.25) is 0 Å². The third kappa shape index (κ3) is 3.83. The van der Waals surface area contributed by atoms with E-state index in [1.807, 2.05) is 0 Å². The van der Waals surface area contributed by atoms with E-state index in [1.54, 1.807) is 0 Å². The molecule has 0 N–H and O–H groups in total. The molecule has 0 amide bonds. The summed E-state index contributed by atoms with van der Waals surface area (Å²) in [4.78, 5) is 0. The van der Waals surface area contributed by atoms with Crippen LogP contribution in [0.15, 0.2) is 18.2 Å². The van der Waals surface area contributed by atoms with Gasteiger partial charge >= 0.3 is 0 Å². The molecule has 0 fully saturated rings. The van der Waals surface area contributed by atoms with Crippen molar-refractivity contribution in [2.45, 2.75) is 0 Å². The van der Waals surface area contributed by atoms with Crippen LogP contribution in [0.3, 0.4) is 0 Å². The van der Waals surface area contributed by atoms with E-state index in [9.17, 15) is 8.78 Å². The van der Waals surface area contributed by atoms with Crippen LogP contribution in [0.2, 0.25) is 0 Å². The first kappa shape index (κ1) is 13.6. The molecular weight excluding hydrogens is 267 g/mol. The Balaban J connectivity index is 0. The maximum Gasteiger partial charge on any atom is 0.134 e. The topological polar surface area (TPSA) is 0 Å². The Hall–Kier alpha value is 0.0534. The van der Waals surface area contributed by atoms with E-state index in [0.717, 1.165) is 12.1 Å². The molecule has 0 spiro atoms. The minimum atomic E-state index is -0.845. The van der Waals surface area contributed by atoms with Crippen molar-refractivity contribution < 1.29 is 28.3 Å². The molecule has 0 radical (unpaired) electrons. The van der Waals surface area contributed by atoms with Crippen molar-refractivity contribution in [3.8, 4) is 0 Å². The van der Waals surface area contributed by atoms with Crippen molar-refractivity contribution in [2.75, 3.05) is 0 Å². The van der Waals surface area contributed by atoms with Gasteiger partial charge in [-0.25, -0.2) is 8.78 Å². The molecule has 0 saturated carbocycles. The zero-order chi connectivity index (χ0) is 6.85. The van der Waals surface area contributed by atoms with Gasteiger partial charge in [0.2, 0.25) is 0 Å². The molecule has 1 aromatic carbocycles. The molecule has 0 aromatic heterocycles. The minimum absolute atomic E-state index is 0. The van der Waals surface area contributed by atoms with E-state index in [4.69, 9.17) is 0 Å². The number of rotatable bonds is 0. The van der Waals surface area contributed by atoms with Crippen LogP contribution in [-0.4, -0.2) is 0 Å². The van der Waals surface area contributed by atoms with Gasteiger partial charge in [-0.05, 0) is 0 Å². The molecule has 0 bridgehead atoms. The summed E-state index contributed by atoms with van der Waals surface area (Å²) in [6, 6.07) is 3.52. The van der Waals surface area contributed by atoms with Crippen LogP contribution in [0.4, 0.5) is 8.78 Å². The van der Waals surface area contributed by atoms with Gasteiger partial charge in [0.15, 0.2) is 0 Å². The molecule has 58 valence electrons. The third-order valence-corrected chi connectivity index (χ3v) is 0.984. The number of hydrogen-bond acceptors (Lipinski definition) is 0. The molecule has 0 aliphatic rings. The van der Waals surface area contributed by atoms with E-state index in [2.05, 4.69) is 6.92 Å². The van der Waals surface area contributed by atoms with Gasteiger partial charge in [0.1, 0.15) is 11.6 Å². The molecule has 11 heavy (non-hydrogen) atoms. The summed E-state index contributed by atoms with van der Waals surface area (Å²) in [5.41, 5.74) is 0.480. The van der Waals surface area contributed by atoms with Crippen molar-refractivity contribution in [1.82, 2.24) is 0 Å². The fourth-order valence-electron chi connectivity index (χ4n) is 0.540. The molecule has 0 nitrogen and oxygen atoms in total. The first-order valence-corrected chi connectivity index (χ1v) is 2.47. The summed E-state index contributed by atoms with van der Waals surface area (Å²) < 4.78 is 24.3. The zero-order valence-corrected chi connectivity index (χ0v) is 10.5. The van der Waals surface area contributed by atoms with Gasteiger partial charge in [0.25, 0.3) is 0 Å². The van der Waals surface area contributed by atoms with Gasteiger partial charge in [-0.1, -0.05) is 6.07 Å². The van der Waals surface area contributed by atoms with E-state index in [0.29, 0.717) is 5.56 Å². The quantitative estimate of drug-likeness (QED) is 0.504. The molecular formula is C7H6BrF2Zn-. The molecule has 0 saturated heterocycles. The van der Waals surface area contributed by atoms with Gasteiger partial charge in [-0.2, -0.15) is 18.6 Å². The minimum Gasteiger partial charge on any atom is -0.218 e. The maximum absolute atomic E-state index is 12.2. The van der Waals surface area contributed by atoms with Crippen molar-refractivity contribution in [1.29, 1.82) is 0 Å². The maximum atomic E-state index is 12.2. The smallest absolute Gasteiger partial charge is 0.134 e. The Kier molecular flexibility index (Phi) is 7.03. The van der Waals surface area contributed by atoms with Crippen LogP contribution < -0.4 is 0 Å². The zero-order valence-electron chi connectivity index (χ0n) is 5.81. The van der Waals surface area contributed by atoms with Crippen molar-refractivity contribution in [3.63, 3.8) is 0 Å². The average Bonchev–Trinajstić information content (AvgIpc) is 1.80. The molecule has 0 atom stereocenters. The van der Waals surface area contributed by atoms with Crippen molar-refractivity contribution >= 4 is 17.0 Å². The summed E-state index contributed by atoms with van der Waals surface area (Å²) in [6.07, 6.45) is 0. The Morgan fingerprint density at radius 3 is 2.00 bits per heavy atom. The number of benzene rings is 1. The summed E-state index contributed by atoms with van der Waals surface area (Å²) in [5.74, 6) is -1.68. The molecule has 0 unspecified atom stereocenters. The first-order valence-electron chi connectivity index (χ1n) is 2.47. The van der Waals surface area contributed by atoms with Crippen LogP contribution in [0, 0.1) is 18.6 Å². The summed E-state index contributed by atoms with van der Waals surface area (Å²) in [5, 5.41) is 0. The fourth-order valence-corrected chi connectivity index (χ4v) is 0.540. The molecule has 0 aliphatic heterocycles. The van der Waals surface area contributed by atoms with Gasteiger partial charge in [-0.15, -0.1) is 23.0 Å². The Labute approximate surface area is 87.5 Å². The SMILES string of the molecule is Br.[CH2-]c1ccc(F)c(F)c1.[Zn]. The molecule has 0 aliphatic carbocycles. The monoisotopic (exact) mass is 271 g/mol. The molecule has 0 heterocycles. The standard InChI is InChI=1S/C7H5F2.BrH.Zn/c1-5-2-3-6(8)7(9)4-5;;/h2-4H,1H2;1H;/q-1;;. The van der Waals surface area contributed by atoms with E-state index < -0.39 is 11.6 Å². The fraction of sp³-hybridized carbons (Fsp3) is 0. The second-order valence-corrected chi connectivity index (χ2v) is 1.75. The Morgan fingerprint density at radius 2 is 1.64 bits per heavy atom. The summed E-state index contributed by atoms with van der Waals surface area (Å²) >= 11 is 0. The number of hydrogen-bond donors (Lipinski definition) is 0. The van der Waals surface area contributed by atoms with E-state index in [1.165, 1.54) is 6.07 Å². The predicted octanol–water partition coefficient (Wildman–Crippen LogP) is 2.72. The normalized spacial score (nSPS) is 7.82. The van der Waals surface area contributed by atoms with Crippen molar-refractivity contribution in [3.05, 3.63) is 42.3 Å². The Bertz CT molecular complexity index is 228. The number of halogens is 3. The van der Waals surface area contributed by atoms with Crippen LogP contribution in [0.5, 0.6) is 0 Å². The average molecular weight is 273 g/mol. The van der Waals surface area contributed by atoms with Crippen LogP contribution in [0.1, 0.15) is 5.56 Å². The van der Waals surface area contributed by atoms with Gasteiger partial charge in [0.05, 0.1) is 0 Å². The summed E-state index contributed by atoms with van der Waals surface area (Å²) in [7, 11) is 0. The first-order chi connectivity index (χ1) is 4.20. The van der Waals surface area contributed by atoms with E-state index in [-0.39, 0.29) is 36.5 Å². The predicted molar refractivity (Wildman–Crippen MR) is 41.1 cm³/mol. The largest absolute Gasteiger partial charge is 0.218 e. The Morgan fingerprint density at radius 1 is 1.09 bits per heavy atom. The van der Waals surface area contributed by atoms with Gasteiger partial charge < -0.3 is 0 Å². The summed E-state index contributed by atoms with van der Waals surface area (Å²) in [6.45, 7) is 3.42. The van der Waals surface area contributed by atoms with E-state index >= 15 is 0 Å². The van der Waals surface area contributed by atoms with Gasteiger partial charge in [0, 0.05) is 19.5 Å². The van der Waals surface area contributed by atoms with Crippen LogP contribution in [-0.2, 0) is 19.5 Å².